The number of aryl methyl sites for hydroxylation is 1. The first-order chi connectivity index (χ1) is 15.5. The van der Waals surface area contributed by atoms with Gasteiger partial charge in [-0.3, -0.25) is 0 Å². The third kappa shape index (κ3) is 10.7. The highest BCUT2D eigenvalue weighted by Gasteiger charge is 2.41. The summed E-state index contributed by atoms with van der Waals surface area (Å²) in [5.41, 5.74) is 0.847. The maximum atomic E-state index is 13.4. The molecule has 0 N–H and O–H groups in total. The Morgan fingerprint density at radius 1 is 0.688 bits per heavy atom. The van der Waals surface area contributed by atoms with Crippen LogP contribution in [0, 0.1) is 17.6 Å². The quantitative estimate of drug-likeness (QED) is 0.146. The van der Waals surface area contributed by atoms with E-state index in [0.29, 0.717) is 19.8 Å². The third-order valence-corrected chi connectivity index (χ3v) is 5.94. The molecule has 0 aliphatic heterocycles. The second-order valence-electron chi connectivity index (χ2n) is 8.50. The molecule has 0 spiro atoms. The number of halogens is 2. The van der Waals surface area contributed by atoms with Crippen LogP contribution >= 0.6 is 0 Å². The molecule has 0 aliphatic rings. The Morgan fingerprint density at radius 3 is 1.75 bits per heavy atom. The Kier molecular flexibility index (Phi) is 15.8. The molecule has 0 aliphatic carbocycles. The monoisotopic (exact) mass is 456 g/mol. The van der Waals surface area contributed by atoms with Crippen molar-refractivity contribution < 1.29 is 23.0 Å². The zero-order chi connectivity index (χ0) is 23.7. The number of hydrogen-bond acceptors (Lipinski definition) is 3. The minimum Gasteiger partial charge on any atom is -0.328 e. The number of ether oxygens (including phenoxy) is 3. The lowest BCUT2D eigenvalue weighted by Gasteiger charge is -2.39. The van der Waals surface area contributed by atoms with E-state index in [-0.39, 0.29) is 5.92 Å². The van der Waals surface area contributed by atoms with Crippen LogP contribution in [-0.2, 0) is 20.6 Å². The second-order valence-corrected chi connectivity index (χ2v) is 8.50. The fourth-order valence-electron chi connectivity index (χ4n) is 4.34. The molecular weight excluding hydrogens is 410 g/mol. The molecule has 0 heterocycles. The van der Waals surface area contributed by atoms with Gasteiger partial charge in [0, 0.05) is 25.7 Å². The largest absolute Gasteiger partial charge is 0.328 e. The summed E-state index contributed by atoms with van der Waals surface area (Å²) >= 11 is 0. The molecule has 0 radical (unpaired) electrons. The van der Waals surface area contributed by atoms with Crippen LogP contribution in [0.3, 0.4) is 0 Å². The predicted octanol–water partition coefficient (Wildman–Crippen LogP) is 8.20. The molecule has 1 atom stereocenters. The van der Waals surface area contributed by atoms with Gasteiger partial charge in [-0.25, -0.2) is 8.78 Å². The maximum absolute atomic E-state index is 13.4. The van der Waals surface area contributed by atoms with Crippen LogP contribution < -0.4 is 0 Å². The molecule has 5 heteroatoms. The molecule has 0 aromatic heterocycles. The van der Waals surface area contributed by atoms with Crippen molar-refractivity contribution in [2.45, 2.75) is 111 Å². The van der Waals surface area contributed by atoms with E-state index in [0.717, 1.165) is 50.5 Å². The van der Waals surface area contributed by atoms with E-state index in [4.69, 9.17) is 14.2 Å². The first-order valence-electron chi connectivity index (χ1n) is 12.9. The van der Waals surface area contributed by atoms with E-state index >= 15 is 0 Å². The molecule has 0 amide bonds. The molecule has 0 saturated heterocycles. The second kappa shape index (κ2) is 17.4. The minimum atomic E-state index is -0.970. The van der Waals surface area contributed by atoms with E-state index in [1.54, 1.807) is 6.07 Å². The van der Waals surface area contributed by atoms with Gasteiger partial charge in [-0.05, 0) is 64.2 Å². The average Bonchev–Trinajstić information content (AvgIpc) is 2.77. The standard InChI is InChI=1S/C27H46F2O3/c1-5-9-10-11-12-15-18-24(27(30-6-2,31-7-3)32-8-4)19-16-13-14-17-23-20-21-25(28)26(29)22-23/h20-22,24H,5-19H2,1-4H3. The Hall–Kier alpha value is -1.04. The highest BCUT2D eigenvalue weighted by atomic mass is 19.2. The van der Waals surface area contributed by atoms with E-state index in [1.165, 1.54) is 44.2 Å². The molecule has 0 fully saturated rings. The SMILES string of the molecule is CCCCCCCCC(CCCCCc1ccc(F)c(F)c1)C(OCC)(OCC)OCC. The zero-order valence-corrected chi connectivity index (χ0v) is 20.9. The van der Waals surface area contributed by atoms with E-state index in [2.05, 4.69) is 6.92 Å². The van der Waals surface area contributed by atoms with Crippen LogP contribution in [0.2, 0.25) is 0 Å². The first-order valence-corrected chi connectivity index (χ1v) is 12.9. The number of rotatable bonds is 20. The Balaban J connectivity index is 2.63. The topological polar surface area (TPSA) is 27.7 Å². The summed E-state index contributed by atoms with van der Waals surface area (Å²) in [6.07, 6.45) is 13.3. The fraction of sp³-hybridized carbons (Fsp3) is 0.778. The molecule has 1 aromatic carbocycles. The Bertz CT molecular complexity index is 577. The lowest BCUT2D eigenvalue weighted by molar-refractivity contribution is -0.403. The van der Waals surface area contributed by atoms with E-state index < -0.39 is 17.6 Å². The van der Waals surface area contributed by atoms with Gasteiger partial charge in [0.05, 0.1) is 0 Å². The Morgan fingerprint density at radius 2 is 1.22 bits per heavy atom. The van der Waals surface area contributed by atoms with Crippen LogP contribution in [-0.4, -0.2) is 25.8 Å². The number of unbranched alkanes of at least 4 members (excludes halogenated alkanes) is 7. The van der Waals surface area contributed by atoms with Crippen molar-refractivity contribution in [3.05, 3.63) is 35.4 Å². The van der Waals surface area contributed by atoms with Crippen molar-refractivity contribution in [3.8, 4) is 0 Å². The molecule has 186 valence electrons. The average molecular weight is 457 g/mol. The van der Waals surface area contributed by atoms with Gasteiger partial charge in [0.25, 0.3) is 5.97 Å². The van der Waals surface area contributed by atoms with Crippen molar-refractivity contribution >= 4 is 0 Å². The normalized spacial score (nSPS) is 12.9. The van der Waals surface area contributed by atoms with Gasteiger partial charge in [0.15, 0.2) is 11.6 Å². The van der Waals surface area contributed by atoms with Crippen LogP contribution in [0.15, 0.2) is 18.2 Å². The molecule has 1 unspecified atom stereocenters. The molecular formula is C27H46F2O3. The summed E-state index contributed by atoms with van der Waals surface area (Å²) < 4.78 is 44.8. The molecule has 0 saturated carbocycles. The van der Waals surface area contributed by atoms with Crippen molar-refractivity contribution in [1.29, 1.82) is 0 Å². The predicted molar refractivity (Wildman–Crippen MR) is 128 cm³/mol. The van der Waals surface area contributed by atoms with E-state index in [1.807, 2.05) is 20.8 Å². The highest BCUT2D eigenvalue weighted by molar-refractivity contribution is 5.17. The summed E-state index contributed by atoms with van der Waals surface area (Å²) in [6, 6.07) is 4.19. The molecule has 0 bridgehead atoms. The fourth-order valence-corrected chi connectivity index (χ4v) is 4.34. The van der Waals surface area contributed by atoms with E-state index in [9.17, 15) is 8.78 Å². The smallest absolute Gasteiger partial charge is 0.285 e. The van der Waals surface area contributed by atoms with Crippen LogP contribution in [0.25, 0.3) is 0 Å². The van der Waals surface area contributed by atoms with Gasteiger partial charge in [-0.15, -0.1) is 0 Å². The summed E-state index contributed by atoms with van der Waals surface area (Å²) in [5, 5.41) is 0. The van der Waals surface area contributed by atoms with Crippen molar-refractivity contribution in [2.75, 3.05) is 19.8 Å². The maximum Gasteiger partial charge on any atom is 0.285 e. The third-order valence-electron chi connectivity index (χ3n) is 5.94. The lowest BCUT2D eigenvalue weighted by Crippen LogP contribution is -2.46. The van der Waals surface area contributed by atoms with Crippen molar-refractivity contribution in [2.24, 2.45) is 5.92 Å². The molecule has 3 nitrogen and oxygen atoms in total. The zero-order valence-electron chi connectivity index (χ0n) is 20.9. The van der Waals surface area contributed by atoms with Crippen LogP contribution in [0.1, 0.15) is 104 Å². The van der Waals surface area contributed by atoms with Gasteiger partial charge < -0.3 is 14.2 Å². The molecule has 1 rings (SSSR count). The van der Waals surface area contributed by atoms with Crippen molar-refractivity contribution in [1.82, 2.24) is 0 Å². The number of benzene rings is 1. The summed E-state index contributed by atoms with van der Waals surface area (Å²) in [6.45, 7) is 9.82. The summed E-state index contributed by atoms with van der Waals surface area (Å²) in [5.74, 6) is -2.35. The summed E-state index contributed by atoms with van der Waals surface area (Å²) in [4.78, 5) is 0. The van der Waals surface area contributed by atoms with Gasteiger partial charge >= 0.3 is 0 Å². The summed E-state index contributed by atoms with van der Waals surface area (Å²) in [7, 11) is 0. The van der Waals surface area contributed by atoms with Crippen LogP contribution in [0.5, 0.6) is 0 Å². The van der Waals surface area contributed by atoms with Gasteiger partial charge in [-0.2, -0.15) is 0 Å². The molecule has 32 heavy (non-hydrogen) atoms. The van der Waals surface area contributed by atoms with Gasteiger partial charge in [-0.1, -0.05) is 64.4 Å². The molecule has 1 aromatic rings. The highest BCUT2D eigenvalue weighted by Crippen LogP contribution is 2.34. The lowest BCUT2D eigenvalue weighted by atomic mass is 9.91. The van der Waals surface area contributed by atoms with Crippen LogP contribution in [0.4, 0.5) is 8.78 Å². The number of hydrogen-bond donors (Lipinski definition) is 0. The van der Waals surface area contributed by atoms with Gasteiger partial charge in [0.2, 0.25) is 0 Å². The van der Waals surface area contributed by atoms with Gasteiger partial charge in [0.1, 0.15) is 0 Å². The van der Waals surface area contributed by atoms with Crippen molar-refractivity contribution in [3.63, 3.8) is 0 Å². The first kappa shape index (κ1) is 29.0. The minimum absolute atomic E-state index is 0.178. The Labute approximate surface area is 195 Å².